The number of likely N-dealkylation sites (tertiary alicyclic amines) is 1. The molecule has 4 heteroatoms. The Bertz CT molecular complexity index is 195. The summed E-state index contributed by atoms with van der Waals surface area (Å²) in [5.41, 5.74) is 5.73. The van der Waals surface area contributed by atoms with Crippen LogP contribution in [0.5, 0.6) is 0 Å². The minimum absolute atomic E-state index is 0.0488. The lowest BCUT2D eigenvalue weighted by Gasteiger charge is -2.26. The van der Waals surface area contributed by atoms with E-state index in [-0.39, 0.29) is 6.29 Å². The van der Waals surface area contributed by atoms with Crippen LogP contribution in [0.2, 0.25) is 0 Å². The van der Waals surface area contributed by atoms with Gasteiger partial charge in [-0.25, -0.2) is 0 Å². The molecule has 0 spiro atoms. The minimum atomic E-state index is 0.0488. The van der Waals surface area contributed by atoms with Gasteiger partial charge < -0.3 is 15.2 Å². The van der Waals surface area contributed by atoms with E-state index >= 15 is 0 Å². The molecule has 2 heterocycles. The molecule has 2 unspecified atom stereocenters. The number of nitrogens with zero attached hydrogens (tertiary/aromatic N) is 1. The van der Waals surface area contributed by atoms with Gasteiger partial charge in [0, 0.05) is 25.7 Å². The van der Waals surface area contributed by atoms with Gasteiger partial charge in [-0.2, -0.15) is 0 Å². The molecule has 2 rings (SSSR count). The lowest BCUT2D eigenvalue weighted by atomic mass is 10.2. The summed E-state index contributed by atoms with van der Waals surface area (Å²) in [6.45, 7) is 4.60. The second-order valence-corrected chi connectivity index (χ2v) is 4.73. The van der Waals surface area contributed by atoms with Crippen LogP contribution < -0.4 is 5.73 Å². The van der Waals surface area contributed by atoms with Gasteiger partial charge in [0.2, 0.25) is 0 Å². The number of nitrogens with two attached hydrogens (primary N) is 1. The van der Waals surface area contributed by atoms with E-state index < -0.39 is 0 Å². The second-order valence-electron chi connectivity index (χ2n) is 4.73. The van der Waals surface area contributed by atoms with Gasteiger partial charge in [-0.1, -0.05) is 0 Å². The Balaban J connectivity index is 1.59. The first-order valence-electron chi connectivity index (χ1n) is 6.57. The van der Waals surface area contributed by atoms with Crippen LogP contribution in [0.3, 0.4) is 0 Å². The van der Waals surface area contributed by atoms with Crippen molar-refractivity contribution in [2.24, 2.45) is 5.73 Å². The largest absolute Gasteiger partial charge is 0.353 e. The molecular formula is C12H24N2O2. The lowest BCUT2D eigenvalue weighted by Crippen LogP contribution is -2.38. The molecule has 2 aliphatic rings. The van der Waals surface area contributed by atoms with Gasteiger partial charge in [0.05, 0.1) is 6.61 Å². The van der Waals surface area contributed by atoms with Crippen molar-refractivity contribution in [1.29, 1.82) is 0 Å². The molecule has 0 aliphatic carbocycles. The molecule has 2 atom stereocenters. The Morgan fingerprint density at radius 3 is 2.94 bits per heavy atom. The molecule has 2 saturated heterocycles. The van der Waals surface area contributed by atoms with E-state index in [4.69, 9.17) is 15.2 Å². The van der Waals surface area contributed by atoms with Gasteiger partial charge in [0.25, 0.3) is 0 Å². The minimum Gasteiger partial charge on any atom is -0.353 e. The fourth-order valence-electron chi connectivity index (χ4n) is 2.60. The zero-order valence-electron chi connectivity index (χ0n) is 10.1. The van der Waals surface area contributed by atoms with Crippen molar-refractivity contribution in [2.45, 2.75) is 44.4 Å². The number of hydrogen-bond donors (Lipinski definition) is 1. The predicted octanol–water partition coefficient (Wildman–Crippen LogP) is 0.953. The fraction of sp³-hybridized carbons (Fsp3) is 1.00. The van der Waals surface area contributed by atoms with Crippen molar-refractivity contribution in [3.63, 3.8) is 0 Å². The lowest BCUT2D eigenvalue weighted by molar-refractivity contribution is -0.164. The Hall–Kier alpha value is -0.160. The van der Waals surface area contributed by atoms with Crippen LogP contribution in [0, 0.1) is 0 Å². The molecule has 2 fully saturated rings. The third-order valence-electron chi connectivity index (χ3n) is 3.59. The maximum atomic E-state index is 5.73. The van der Waals surface area contributed by atoms with Crippen LogP contribution in [0.25, 0.3) is 0 Å². The summed E-state index contributed by atoms with van der Waals surface area (Å²) in [4.78, 5) is 2.45. The average molecular weight is 228 g/mol. The second kappa shape index (κ2) is 6.55. The van der Waals surface area contributed by atoms with Crippen molar-refractivity contribution in [2.75, 3.05) is 32.8 Å². The Kier molecular flexibility index (Phi) is 5.03. The molecule has 0 bridgehead atoms. The van der Waals surface area contributed by atoms with E-state index in [2.05, 4.69) is 4.90 Å². The number of rotatable bonds is 5. The Morgan fingerprint density at radius 1 is 1.25 bits per heavy atom. The summed E-state index contributed by atoms with van der Waals surface area (Å²) in [5, 5.41) is 0. The smallest absolute Gasteiger partial charge is 0.157 e. The molecular weight excluding hydrogens is 204 g/mol. The molecule has 0 radical (unpaired) electrons. The maximum Gasteiger partial charge on any atom is 0.157 e. The summed E-state index contributed by atoms with van der Waals surface area (Å²) < 4.78 is 11.3. The van der Waals surface area contributed by atoms with Crippen LogP contribution >= 0.6 is 0 Å². The van der Waals surface area contributed by atoms with Crippen molar-refractivity contribution in [3.8, 4) is 0 Å². The van der Waals surface area contributed by atoms with Crippen molar-refractivity contribution in [3.05, 3.63) is 0 Å². The van der Waals surface area contributed by atoms with E-state index in [1.165, 1.54) is 32.2 Å². The van der Waals surface area contributed by atoms with E-state index in [0.717, 1.165) is 32.7 Å². The first-order valence-corrected chi connectivity index (χ1v) is 6.57. The molecule has 0 aromatic carbocycles. The monoisotopic (exact) mass is 228 g/mol. The third-order valence-corrected chi connectivity index (χ3v) is 3.59. The van der Waals surface area contributed by atoms with Gasteiger partial charge in [0.1, 0.15) is 0 Å². The van der Waals surface area contributed by atoms with Crippen molar-refractivity contribution in [1.82, 2.24) is 4.90 Å². The summed E-state index contributed by atoms with van der Waals surface area (Å²) in [5.74, 6) is 0. The van der Waals surface area contributed by atoms with Gasteiger partial charge in [-0.05, 0) is 38.6 Å². The van der Waals surface area contributed by atoms with E-state index in [1.54, 1.807) is 0 Å². The van der Waals surface area contributed by atoms with E-state index in [1.807, 2.05) is 0 Å². The van der Waals surface area contributed by atoms with Gasteiger partial charge >= 0.3 is 0 Å². The average Bonchev–Trinajstić information content (AvgIpc) is 2.78. The zero-order valence-corrected chi connectivity index (χ0v) is 10.1. The number of hydrogen-bond acceptors (Lipinski definition) is 4. The van der Waals surface area contributed by atoms with Crippen LogP contribution in [-0.4, -0.2) is 50.1 Å². The highest BCUT2D eigenvalue weighted by Crippen LogP contribution is 2.17. The van der Waals surface area contributed by atoms with Crippen molar-refractivity contribution >= 4 is 0 Å². The summed E-state index contributed by atoms with van der Waals surface area (Å²) >= 11 is 0. The van der Waals surface area contributed by atoms with Gasteiger partial charge in [0.15, 0.2) is 6.29 Å². The van der Waals surface area contributed by atoms with Gasteiger partial charge in [-0.15, -0.1) is 0 Å². The quantitative estimate of drug-likeness (QED) is 0.761. The summed E-state index contributed by atoms with van der Waals surface area (Å²) in [6.07, 6.45) is 6.05. The van der Waals surface area contributed by atoms with Gasteiger partial charge in [-0.3, -0.25) is 4.90 Å². The van der Waals surface area contributed by atoms with Crippen LogP contribution in [0.1, 0.15) is 32.1 Å². The van der Waals surface area contributed by atoms with Crippen LogP contribution in [-0.2, 0) is 9.47 Å². The standard InChI is InChI=1S/C12H24N2O2/c13-10-11-4-3-6-14(11)7-9-16-12-5-1-2-8-15-12/h11-12H,1-10,13H2. The fourth-order valence-corrected chi connectivity index (χ4v) is 2.60. The highest BCUT2D eigenvalue weighted by atomic mass is 16.7. The predicted molar refractivity (Wildman–Crippen MR) is 63.2 cm³/mol. The molecule has 0 amide bonds. The molecule has 0 aromatic heterocycles. The molecule has 0 saturated carbocycles. The molecule has 2 aliphatic heterocycles. The van der Waals surface area contributed by atoms with Crippen LogP contribution in [0.4, 0.5) is 0 Å². The van der Waals surface area contributed by atoms with Crippen molar-refractivity contribution < 1.29 is 9.47 Å². The Labute approximate surface area is 98.1 Å². The molecule has 4 nitrogen and oxygen atoms in total. The topological polar surface area (TPSA) is 47.7 Å². The maximum absolute atomic E-state index is 5.73. The van der Waals surface area contributed by atoms with Crippen LogP contribution in [0.15, 0.2) is 0 Å². The van der Waals surface area contributed by atoms with E-state index in [0.29, 0.717) is 6.04 Å². The molecule has 94 valence electrons. The highest BCUT2D eigenvalue weighted by Gasteiger charge is 2.23. The first kappa shape index (κ1) is 12.3. The third kappa shape index (κ3) is 3.42. The summed E-state index contributed by atoms with van der Waals surface area (Å²) in [7, 11) is 0. The highest BCUT2D eigenvalue weighted by molar-refractivity contribution is 4.79. The molecule has 2 N–H and O–H groups in total. The SMILES string of the molecule is NCC1CCCN1CCOC1CCCCO1. The zero-order chi connectivity index (χ0) is 11.2. The molecule has 0 aromatic rings. The first-order chi connectivity index (χ1) is 7.90. The number of ether oxygens (including phenoxy) is 2. The molecule has 16 heavy (non-hydrogen) atoms. The van der Waals surface area contributed by atoms with E-state index in [9.17, 15) is 0 Å². The Morgan fingerprint density at radius 2 is 2.19 bits per heavy atom. The summed E-state index contributed by atoms with van der Waals surface area (Å²) in [6, 6.07) is 0.580. The normalized spacial score (nSPS) is 32.1.